The minimum atomic E-state index is -0.396. The van der Waals surface area contributed by atoms with Gasteiger partial charge in [0.25, 0.3) is 5.69 Å². The third-order valence-electron chi connectivity index (χ3n) is 2.14. The van der Waals surface area contributed by atoms with Crippen LogP contribution in [0.1, 0.15) is 0 Å². The first-order chi connectivity index (χ1) is 8.15. The number of non-ortho nitro benzene ring substituents is 1. The van der Waals surface area contributed by atoms with Crippen LogP contribution in [0.15, 0.2) is 58.3 Å². The summed E-state index contributed by atoms with van der Waals surface area (Å²) < 4.78 is 0. The van der Waals surface area contributed by atoms with Crippen molar-refractivity contribution in [2.75, 3.05) is 5.73 Å². The molecule has 0 aliphatic heterocycles. The van der Waals surface area contributed by atoms with E-state index >= 15 is 0 Å². The van der Waals surface area contributed by atoms with Crippen molar-refractivity contribution in [3.8, 4) is 0 Å². The molecule has 0 saturated heterocycles. The van der Waals surface area contributed by atoms with Crippen molar-refractivity contribution in [2.45, 2.75) is 9.79 Å². The Morgan fingerprint density at radius 1 is 1.06 bits per heavy atom. The van der Waals surface area contributed by atoms with E-state index in [1.165, 1.54) is 17.8 Å². The molecule has 86 valence electrons. The van der Waals surface area contributed by atoms with Gasteiger partial charge in [-0.15, -0.1) is 0 Å². The molecule has 0 aliphatic carbocycles. The standard InChI is InChI=1S/C12H10N2O2S/c13-9-4-6-11(7-5-9)17-12-3-1-2-10(8-12)14(15)16/h1-8H,13H2. The Bertz CT molecular complexity index is 540. The van der Waals surface area contributed by atoms with Crippen LogP contribution in [0.25, 0.3) is 0 Å². The van der Waals surface area contributed by atoms with E-state index in [0.29, 0.717) is 5.69 Å². The number of nitro groups is 1. The lowest BCUT2D eigenvalue weighted by molar-refractivity contribution is -0.385. The molecule has 0 spiro atoms. The topological polar surface area (TPSA) is 69.2 Å². The molecule has 2 aromatic carbocycles. The van der Waals surface area contributed by atoms with E-state index in [0.717, 1.165) is 9.79 Å². The Hall–Kier alpha value is -2.01. The number of hydrogen-bond acceptors (Lipinski definition) is 4. The molecule has 0 fully saturated rings. The van der Waals surface area contributed by atoms with Crippen LogP contribution in [0.5, 0.6) is 0 Å². The van der Waals surface area contributed by atoms with E-state index in [1.54, 1.807) is 24.3 Å². The largest absolute Gasteiger partial charge is 0.399 e. The van der Waals surface area contributed by atoms with Crippen molar-refractivity contribution in [3.63, 3.8) is 0 Å². The van der Waals surface area contributed by atoms with Crippen LogP contribution in [0.2, 0.25) is 0 Å². The minimum Gasteiger partial charge on any atom is -0.399 e. The van der Waals surface area contributed by atoms with E-state index in [2.05, 4.69) is 0 Å². The van der Waals surface area contributed by atoms with Crippen molar-refractivity contribution in [1.82, 2.24) is 0 Å². The number of nitrogen functional groups attached to an aromatic ring is 1. The molecule has 0 saturated carbocycles. The molecular formula is C12H10N2O2S. The molecule has 0 aromatic heterocycles. The van der Waals surface area contributed by atoms with Gasteiger partial charge in [-0.25, -0.2) is 0 Å². The van der Waals surface area contributed by atoms with Gasteiger partial charge in [0.15, 0.2) is 0 Å². The first-order valence-electron chi connectivity index (χ1n) is 4.93. The van der Waals surface area contributed by atoms with Crippen molar-refractivity contribution in [2.24, 2.45) is 0 Å². The summed E-state index contributed by atoms with van der Waals surface area (Å²) in [6.45, 7) is 0. The van der Waals surface area contributed by atoms with Crippen LogP contribution in [0, 0.1) is 10.1 Å². The fourth-order valence-electron chi connectivity index (χ4n) is 1.33. The molecule has 5 heteroatoms. The zero-order valence-electron chi connectivity index (χ0n) is 8.87. The van der Waals surface area contributed by atoms with Crippen LogP contribution in [-0.2, 0) is 0 Å². The second-order valence-electron chi connectivity index (χ2n) is 3.43. The SMILES string of the molecule is Nc1ccc(Sc2cccc([N+](=O)[O-])c2)cc1. The van der Waals surface area contributed by atoms with Crippen LogP contribution in [0.4, 0.5) is 11.4 Å². The van der Waals surface area contributed by atoms with Gasteiger partial charge in [-0.3, -0.25) is 10.1 Å². The second kappa shape index (κ2) is 4.88. The van der Waals surface area contributed by atoms with Gasteiger partial charge in [0.2, 0.25) is 0 Å². The van der Waals surface area contributed by atoms with Crippen molar-refractivity contribution < 1.29 is 4.92 Å². The molecule has 17 heavy (non-hydrogen) atoms. The van der Waals surface area contributed by atoms with Crippen LogP contribution in [-0.4, -0.2) is 4.92 Å². The summed E-state index contributed by atoms with van der Waals surface area (Å²) in [5, 5.41) is 10.6. The maximum absolute atomic E-state index is 10.6. The lowest BCUT2D eigenvalue weighted by Crippen LogP contribution is -1.87. The van der Waals surface area contributed by atoms with Crippen molar-refractivity contribution in [1.29, 1.82) is 0 Å². The zero-order valence-corrected chi connectivity index (χ0v) is 9.68. The molecule has 0 bridgehead atoms. The normalized spacial score (nSPS) is 10.1. The molecular weight excluding hydrogens is 236 g/mol. The van der Waals surface area contributed by atoms with Crippen LogP contribution < -0.4 is 5.73 Å². The molecule has 0 aliphatic rings. The van der Waals surface area contributed by atoms with Gasteiger partial charge < -0.3 is 5.73 Å². The molecule has 0 atom stereocenters. The highest BCUT2D eigenvalue weighted by Crippen LogP contribution is 2.30. The highest BCUT2D eigenvalue weighted by molar-refractivity contribution is 7.99. The molecule has 0 unspecified atom stereocenters. The van der Waals surface area contributed by atoms with E-state index in [9.17, 15) is 10.1 Å². The summed E-state index contributed by atoms with van der Waals surface area (Å²) in [7, 11) is 0. The number of benzene rings is 2. The number of nitrogens with two attached hydrogens (primary N) is 1. The quantitative estimate of drug-likeness (QED) is 0.512. The molecule has 2 N–H and O–H groups in total. The number of hydrogen-bond donors (Lipinski definition) is 1. The van der Waals surface area contributed by atoms with Gasteiger partial charge in [-0.05, 0) is 30.3 Å². The van der Waals surface area contributed by atoms with Gasteiger partial charge in [-0.2, -0.15) is 0 Å². The van der Waals surface area contributed by atoms with Gasteiger partial charge in [0.05, 0.1) is 4.92 Å². The van der Waals surface area contributed by atoms with E-state index in [4.69, 9.17) is 5.73 Å². The molecule has 2 rings (SSSR count). The summed E-state index contributed by atoms with van der Waals surface area (Å²) in [5.74, 6) is 0. The summed E-state index contributed by atoms with van der Waals surface area (Å²) in [5.41, 5.74) is 6.39. The van der Waals surface area contributed by atoms with E-state index < -0.39 is 4.92 Å². The van der Waals surface area contributed by atoms with Crippen molar-refractivity contribution in [3.05, 3.63) is 58.6 Å². The Labute approximate surface area is 103 Å². The molecule has 0 heterocycles. The average molecular weight is 246 g/mol. The maximum atomic E-state index is 10.6. The minimum absolute atomic E-state index is 0.102. The van der Waals surface area contributed by atoms with Gasteiger partial charge in [0.1, 0.15) is 0 Å². The maximum Gasteiger partial charge on any atom is 0.270 e. The fourth-order valence-corrected chi connectivity index (χ4v) is 2.20. The Morgan fingerprint density at radius 3 is 2.41 bits per heavy atom. The Morgan fingerprint density at radius 2 is 1.76 bits per heavy atom. The number of rotatable bonds is 3. The predicted molar refractivity (Wildman–Crippen MR) is 68.1 cm³/mol. The van der Waals surface area contributed by atoms with Gasteiger partial charge in [0, 0.05) is 27.6 Å². The Kier molecular flexibility index (Phi) is 3.30. The van der Waals surface area contributed by atoms with E-state index in [-0.39, 0.29) is 5.69 Å². The number of nitro benzene ring substituents is 1. The first kappa shape index (κ1) is 11.5. The second-order valence-corrected chi connectivity index (χ2v) is 4.57. The number of anilines is 1. The summed E-state index contributed by atoms with van der Waals surface area (Å²) >= 11 is 1.47. The van der Waals surface area contributed by atoms with Crippen molar-refractivity contribution >= 4 is 23.1 Å². The molecule has 2 aromatic rings. The molecule has 0 radical (unpaired) electrons. The highest BCUT2D eigenvalue weighted by atomic mass is 32.2. The van der Waals surface area contributed by atoms with Crippen LogP contribution in [0.3, 0.4) is 0 Å². The third-order valence-corrected chi connectivity index (χ3v) is 3.14. The highest BCUT2D eigenvalue weighted by Gasteiger charge is 2.06. The fraction of sp³-hybridized carbons (Fsp3) is 0. The molecule has 0 amide bonds. The lowest BCUT2D eigenvalue weighted by Gasteiger charge is -2.01. The Balaban J connectivity index is 2.21. The zero-order chi connectivity index (χ0) is 12.3. The lowest BCUT2D eigenvalue weighted by atomic mass is 10.3. The first-order valence-corrected chi connectivity index (χ1v) is 5.74. The number of nitrogens with zero attached hydrogens (tertiary/aromatic N) is 1. The monoisotopic (exact) mass is 246 g/mol. The summed E-state index contributed by atoms with van der Waals surface area (Å²) in [6.07, 6.45) is 0. The predicted octanol–water partition coefficient (Wildman–Crippen LogP) is 3.33. The smallest absolute Gasteiger partial charge is 0.270 e. The average Bonchev–Trinajstić information content (AvgIpc) is 2.32. The van der Waals surface area contributed by atoms with E-state index in [1.807, 2.05) is 18.2 Å². The third kappa shape index (κ3) is 2.98. The van der Waals surface area contributed by atoms with Crippen LogP contribution >= 0.6 is 11.8 Å². The van der Waals surface area contributed by atoms with Gasteiger partial charge in [-0.1, -0.05) is 17.8 Å². The summed E-state index contributed by atoms with van der Waals surface area (Å²) in [4.78, 5) is 12.1. The summed E-state index contributed by atoms with van der Waals surface area (Å²) in [6, 6.07) is 13.9. The van der Waals surface area contributed by atoms with Gasteiger partial charge >= 0.3 is 0 Å². The molecule has 4 nitrogen and oxygen atoms in total.